The van der Waals surface area contributed by atoms with Gasteiger partial charge in [-0.15, -0.1) is 0 Å². The van der Waals surface area contributed by atoms with Crippen molar-refractivity contribution in [3.8, 4) is 5.75 Å². The van der Waals surface area contributed by atoms with Gasteiger partial charge in [-0.25, -0.2) is 4.39 Å². The van der Waals surface area contributed by atoms with E-state index < -0.39 is 18.3 Å². The number of pyridine rings is 1. The molecule has 3 rings (SSSR count). The smallest absolute Gasteiger partial charge is 0.487 e. The lowest BCUT2D eigenvalue weighted by molar-refractivity contribution is 0.00578. The van der Waals surface area contributed by atoms with Crippen molar-refractivity contribution >= 4 is 24.2 Å². The highest BCUT2D eigenvalue weighted by molar-refractivity contribution is 6.62. The summed E-state index contributed by atoms with van der Waals surface area (Å²) < 4.78 is 31.1. The molecule has 1 aliphatic heterocycles. The minimum absolute atomic E-state index is 0.144. The molecular weight excluding hydrogens is 343 g/mol. The van der Waals surface area contributed by atoms with Gasteiger partial charge in [-0.1, -0.05) is 11.6 Å². The predicted molar refractivity (Wildman–Crippen MR) is 95.7 cm³/mol. The van der Waals surface area contributed by atoms with Crippen molar-refractivity contribution in [1.29, 1.82) is 0 Å². The number of aromatic nitrogens is 1. The maximum atomic E-state index is 13.3. The van der Waals surface area contributed by atoms with E-state index in [4.69, 9.17) is 25.6 Å². The normalized spacial score (nSPS) is 18.4. The fraction of sp³-hybridized carbons (Fsp3) is 0.389. The van der Waals surface area contributed by atoms with Crippen molar-refractivity contribution in [2.24, 2.45) is 0 Å². The Morgan fingerprint density at radius 3 is 2.48 bits per heavy atom. The van der Waals surface area contributed by atoms with Gasteiger partial charge < -0.3 is 14.0 Å². The molecule has 0 radical (unpaired) electrons. The molecule has 2 heterocycles. The van der Waals surface area contributed by atoms with Crippen LogP contribution in [0.3, 0.4) is 0 Å². The molecule has 1 aromatic carbocycles. The fourth-order valence-electron chi connectivity index (χ4n) is 2.44. The SMILES string of the molecule is CC1(C)OB(c2cncc(OCc3cc(F)ccc3Cl)c2)OC1(C)C. The van der Waals surface area contributed by atoms with Crippen LogP contribution in [0.25, 0.3) is 0 Å². The summed E-state index contributed by atoms with van der Waals surface area (Å²) in [6, 6.07) is 5.98. The summed E-state index contributed by atoms with van der Waals surface area (Å²) in [5, 5.41) is 0.455. The molecule has 0 spiro atoms. The van der Waals surface area contributed by atoms with Crippen molar-refractivity contribution in [1.82, 2.24) is 4.98 Å². The van der Waals surface area contributed by atoms with Gasteiger partial charge in [0.25, 0.3) is 0 Å². The second-order valence-electron chi connectivity index (χ2n) is 7.07. The van der Waals surface area contributed by atoms with Crippen LogP contribution in [-0.4, -0.2) is 23.3 Å². The minimum atomic E-state index is -0.515. The monoisotopic (exact) mass is 363 g/mol. The summed E-state index contributed by atoms with van der Waals surface area (Å²) in [5.41, 5.74) is 0.483. The summed E-state index contributed by atoms with van der Waals surface area (Å²) in [7, 11) is -0.515. The lowest BCUT2D eigenvalue weighted by Crippen LogP contribution is -2.41. The van der Waals surface area contributed by atoms with E-state index in [1.54, 1.807) is 12.4 Å². The van der Waals surface area contributed by atoms with Crippen molar-refractivity contribution in [2.45, 2.75) is 45.5 Å². The van der Waals surface area contributed by atoms with Crippen LogP contribution < -0.4 is 10.2 Å². The minimum Gasteiger partial charge on any atom is -0.487 e. The first-order chi connectivity index (χ1) is 11.7. The van der Waals surface area contributed by atoms with E-state index in [0.29, 0.717) is 16.3 Å². The van der Waals surface area contributed by atoms with E-state index in [1.807, 2.05) is 33.8 Å². The average molecular weight is 364 g/mol. The van der Waals surface area contributed by atoms with Gasteiger partial charge in [0, 0.05) is 22.2 Å². The van der Waals surface area contributed by atoms with Crippen LogP contribution in [0, 0.1) is 5.82 Å². The molecule has 1 aliphatic rings. The third kappa shape index (κ3) is 3.81. The lowest BCUT2D eigenvalue weighted by atomic mass is 9.80. The van der Waals surface area contributed by atoms with Crippen molar-refractivity contribution in [2.75, 3.05) is 0 Å². The number of hydrogen-bond acceptors (Lipinski definition) is 4. The van der Waals surface area contributed by atoms with Crippen LogP contribution in [0.5, 0.6) is 5.75 Å². The third-order valence-corrected chi connectivity index (χ3v) is 5.03. The number of rotatable bonds is 4. The predicted octanol–water partition coefficient (Wildman–Crippen LogP) is 3.75. The zero-order chi connectivity index (χ0) is 18.2. The largest absolute Gasteiger partial charge is 0.496 e. The second kappa shape index (κ2) is 6.59. The van der Waals surface area contributed by atoms with Crippen LogP contribution in [0.15, 0.2) is 36.7 Å². The van der Waals surface area contributed by atoms with E-state index in [2.05, 4.69) is 4.98 Å². The summed E-state index contributed by atoms with van der Waals surface area (Å²) in [4.78, 5) is 4.18. The Kier molecular flexibility index (Phi) is 4.79. The van der Waals surface area contributed by atoms with Gasteiger partial charge in [-0.3, -0.25) is 4.98 Å². The first-order valence-electron chi connectivity index (χ1n) is 8.05. The number of hydrogen-bond donors (Lipinski definition) is 0. The number of benzene rings is 1. The highest BCUT2D eigenvalue weighted by Crippen LogP contribution is 2.36. The van der Waals surface area contributed by atoms with Crippen molar-refractivity contribution in [3.63, 3.8) is 0 Å². The highest BCUT2D eigenvalue weighted by Gasteiger charge is 2.51. The number of halogens is 2. The van der Waals surface area contributed by atoms with E-state index in [9.17, 15) is 4.39 Å². The molecule has 0 N–H and O–H groups in total. The lowest BCUT2D eigenvalue weighted by Gasteiger charge is -2.32. The summed E-state index contributed by atoms with van der Waals surface area (Å²) in [6.45, 7) is 8.12. The zero-order valence-electron chi connectivity index (χ0n) is 14.7. The van der Waals surface area contributed by atoms with Crippen LogP contribution in [0.2, 0.25) is 5.02 Å². The molecule has 25 heavy (non-hydrogen) atoms. The Labute approximate surface area is 152 Å². The second-order valence-corrected chi connectivity index (χ2v) is 7.47. The van der Waals surface area contributed by atoms with Gasteiger partial charge >= 0.3 is 7.12 Å². The highest BCUT2D eigenvalue weighted by atomic mass is 35.5. The Bertz CT molecular complexity index is 769. The summed E-state index contributed by atoms with van der Waals surface area (Å²) in [6.07, 6.45) is 3.27. The molecule has 0 unspecified atom stereocenters. The van der Waals surface area contributed by atoms with Gasteiger partial charge in [0.15, 0.2) is 0 Å². The zero-order valence-corrected chi connectivity index (χ0v) is 15.4. The Morgan fingerprint density at radius 2 is 1.80 bits per heavy atom. The summed E-state index contributed by atoms with van der Waals surface area (Å²) >= 11 is 6.06. The third-order valence-electron chi connectivity index (χ3n) is 4.66. The van der Waals surface area contributed by atoms with Crippen molar-refractivity contribution < 1.29 is 18.4 Å². The number of nitrogens with zero attached hydrogens (tertiary/aromatic N) is 1. The van der Waals surface area contributed by atoms with Gasteiger partial charge in [0.2, 0.25) is 0 Å². The topological polar surface area (TPSA) is 40.6 Å². The quantitative estimate of drug-likeness (QED) is 0.776. The van der Waals surface area contributed by atoms with Crippen LogP contribution >= 0.6 is 11.6 Å². The van der Waals surface area contributed by atoms with Crippen LogP contribution in [0.1, 0.15) is 33.3 Å². The molecule has 2 aromatic rings. The van der Waals surface area contributed by atoms with E-state index >= 15 is 0 Å². The molecule has 132 valence electrons. The van der Waals surface area contributed by atoms with Gasteiger partial charge in [0.1, 0.15) is 18.2 Å². The molecule has 1 fully saturated rings. The molecule has 0 bridgehead atoms. The standard InChI is InChI=1S/C18H20BClFNO3/c1-17(2)18(3,4)25-19(24-17)13-8-15(10-22-9-13)23-11-12-7-14(21)5-6-16(12)20/h5-10H,11H2,1-4H3. The maximum absolute atomic E-state index is 13.3. The van der Waals surface area contributed by atoms with Crippen molar-refractivity contribution in [3.05, 3.63) is 53.1 Å². The van der Waals surface area contributed by atoms with E-state index in [0.717, 1.165) is 5.46 Å². The van der Waals surface area contributed by atoms with Gasteiger partial charge in [-0.05, 0) is 52.0 Å². The first-order valence-corrected chi connectivity index (χ1v) is 8.43. The molecule has 0 aliphatic carbocycles. The molecule has 4 nitrogen and oxygen atoms in total. The van der Waals surface area contributed by atoms with Crippen LogP contribution in [0.4, 0.5) is 4.39 Å². The van der Waals surface area contributed by atoms with Gasteiger partial charge in [0.05, 0.1) is 17.4 Å². The Balaban J connectivity index is 1.73. The van der Waals surface area contributed by atoms with E-state index in [1.165, 1.54) is 18.2 Å². The Hall–Kier alpha value is -1.63. The fourth-order valence-corrected chi connectivity index (χ4v) is 2.61. The van der Waals surface area contributed by atoms with Gasteiger partial charge in [-0.2, -0.15) is 0 Å². The molecule has 0 amide bonds. The summed E-state index contributed by atoms with van der Waals surface area (Å²) in [5.74, 6) is 0.180. The molecular formula is C18H20BClFNO3. The van der Waals surface area contributed by atoms with E-state index in [-0.39, 0.29) is 12.4 Å². The molecule has 0 atom stereocenters. The molecule has 1 aromatic heterocycles. The average Bonchev–Trinajstić information content (AvgIpc) is 2.77. The Morgan fingerprint density at radius 1 is 1.12 bits per heavy atom. The number of ether oxygens (including phenoxy) is 1. The maximum Gasteiger partial charge on any atom is 0.496 e. The molecule has 0 saturated carbocycles. The van der Waals surface area contributed by atoms with Crippen LogP contribution in [-0.2, 0) is 15.9 Å². The molecule has 1 saturated heterocycles. The molecule has 7 heteroatoms. The first kappa shape index (κ1) is 18.2.